The van der Waals surface area contributed by atoms with E-state index in [1.165, 1.54) is 0 Å². The lowest BCUT2D eigenvalue weighted by Gasteiger charge is -2.11. The highest BCUT2D eigenvalue weighted by atomic mass is 19.1. The number of hydrogen-bond acceptors (Lipinski definition) is 5. The Bertz CT molecular complexity index is 694. The van der Waals surface area contributed by atoms with Crippen molar-refractivity contribution >= 4 is 17.3 Å². The number of pyridine rings is 1. The van der Waals surface area contributed by atoms with Gasteiger partial charge in [0.1, 0.15) is 0 Å². The summed E-state index contributed by atoms with van der Waals surface area (Å²) in [5.74, 6) is 2.89. The molecule has 1 aromatic carbocycles. The smallest absolute Gasteiger partial charge is 0.178 e. The van der Waals surface area contributed by atoms with E-state index in [4.69, 9.17) is 11.1 Å². The zero-order valence-corrected chi connectivity index (χ0v) is 10.5. The number of rotatable bonds is 3. The summed E-state index contributed by atoms with van der Waals surface area (Å²) in [4.78, 5) is 3.70. The van der Waals surface area contributed by atoms with Crippen LogP contribution in [0.15, 0.2) is 24.3 Å². The van der Waals surface area contributed by atoms with E-state index >= 15 is 0 Å². The highest BCUT2D eigenvalue weighted by Crippen LogP contribution is 2.24. The Morgan fingerprint density at radius 3 is 2.55 bits per heavy atom. The monoisotopic (exact) mass is 275 g/mol. The minimum absolute atomic E-state index is 0.183. The van der Waals surface area contributed by atoms with Crippen molar-refractivity contribution in [1.82, 2.24) is 4.98 Å². The molecule has 0 aliphatic carbocycles. The summed E-state index contributed by atoms with van der Waals surface area (Å²) in [6.45, 7) is 1.78. The summed E-state index contributed by atoms with van der Waals surface area (Å²) in [5, 5.41) is 11.6. The van der Waals surface area contributed by atoms with Crippen LogP contribution in [0.5, 0.6) is 0 Å². The van der Waals surface area contributed by atoms with Crippen LogP contribution in [0.1, 0.15) is 11.1 Å². The molecule has 0 amide bonds. The fourth-order valence-electron chi connectivity index (χ4n) is 1.61. The Balaban J connectivity index is 2.42. The third kappa shape index (κ3) is 2.65. The SMILES string of the molecule is Cc1ccc(C#N)cc1Nc1nc(NN)c(F)cc1F. The second kappa shape index (κ2) is 5.50. The van der Waals surface area contributed by atoms with Crippen molar-refractivity contribution in [3.05, 3.63) is 47.0 Å². The summed E-state index contributed by atoms with van der Waals surface area (Å²) in [5.41, 5.74) is 3.75. The molecule has 7 heteroatoms. The van der Waals surface area contributed by atoms with E-state index in [0.29, 0.717) is 17.3 Å². The molecule has 0 saturated heterocycles. The molecule has 2 aromatic rings. The Morgan fingerprint density at radius 1 is 1.20 bits per heavy atom. The molecular formula is C13H11F2N5. The van der Waals surface area contributed by atoms with E-state index < -0.39 is 11.6 Å². The van der Waals surface area contributed by atoms with E-state index in [0.717, 1.165) is 5.56 Å². The Labute approximate surface area is 114 Å². The van der Waals surface area contributed by atoms with Gasteiger partial charge in [-0.3, -0.25) is 0 Å². The molecule has 5 nitrogen and oxygen atoms in total. The topological polar surface area (TPSA) is 86.8 Å². The van der Waals surface area contributed by atoms with E-state index in [9.17, 15) is 8.78 Å². The molecular weight excluding hydrogens is 264 g/mol. The summed E-state index contributed by atoms with van der Waals surface area (Å²) in [6.07, 6.45) is 0. The van der Waals surface area contributed by atoms with Crippen LogP contribution >= 0.6 is 0 Å². The van der Waals surface area contributed by atoms with E-state index in [1.54, 1.807) is 25.1 Å². The number of nitrogens with zero attached hydrogens (tertiary/aromatic N) is 2. The van der Waals surface area contributed by atoms with Crippen molar-refractivity contribution in [1.29, 1.82) is 5.26 Å². The zero-order valence-electron chi connectivity index (χ0n) is 10.5. The highest BCUT2D eigenvalue weighted by molar-refractivity contribution is 5.64. The van der Waals surface area contributed by atoms with E-state index in [2.05, 4.69) is 10.3 Å². The van der Waals surface area contributed by atoms with Gasteiger partial charge in [0.15, 0.2) is 23.3 Å². The number of nitrogens with one attached hydrogen (secondary N) is 2. The van der Waals surface area contributed by atoms with E-state index in [1.807, 2.05) is 11.5 Å². The second-order valence-electron chi connectivity index (χ2n) is 4.06. The lowest BCUT2D eigenvalue weighted by Crippen LogP contribution is -2.12. The average Bonchev–Trinajstić information content (AvgIpc) is 2.44. The number of benzene rings is 1. The molecule has 2 rings (SSSR count). The molecule has 102 valence electrons. The van der Waals surface area contributed by atoms with Crippen molar-refractivity contribution in [3.8, 4) is 6.07 Å². The lowest BCUT2D eigenvalue weighted by atomic mass is 10.1. The summed E-state index contributed by atoms with van der Waals surface area (Å²) >= 11 is 0. The number of hydrogen-bond donors (Lipinski definition) is 3. The Kier molecular flexibility index (Phi) is 3.77. The summed E-state index contributed by atoms with van der Waals surface area (Å²) in [6, 6.07) is 7.56. The van der Waals surface area contributed by atoms with Gasteiger partial charge in [-0.1, -0.05) is 6.07 Å². The van der Waals surface area contributed by atoms with Gasteiger partial charge >= 0.3 is 0 Å². The minimum atomic E-state index is -0.891. The Morgan fingerprint density at radius 2 is 1.90 bits per heavy atom. The first-order chi connectivity index (χ1) is 9.55. The second-order valence-corrected chi connectivity index (χ2v) is 4.06. The Hall–Kier alpha value is -2.72. The van der Waals surface area contributed by atoms with Gasteiger partial charge in [-0.05, 0) is 24.6 Å². The normalized spacial score (nSPS) is 9.95. The molecule has 0 bridgehead atoms. The molecule has 20 heavy (non-hydrogen) atoms. The van der Waals surface area contributed by atoms with Gasteiger partial charge in [0.25, 0.3) is 0 Å². The van der Waals surface area contributed by atoms with Crippen LogP contribution in [0, 0.1) is 29.9 Å². The van der Waals surface area contributed by atoms with Crippen LogP contribution in [0.25, 0.3) is 0 Å². The molecule has 0 fully saturated rings. The van der Waals surface area contributed by atoms with Gasteiger partial charge in [-0.15, -0.1) is 0 Å². The predicted octanol–water partition coefficient (Wildman–Crippen LogP) is 2.57. The number of nitrogen functional groups attached to an aromatic ring is 1. The number of aryl methyl sites for hydroxylation is 1. The number of halogens is 2. The molecule has 1 aromatic heterocycles. The molecule has 0 aliphatic rings. The van der Waals surface area contributed by atoms with Gasteiger partial charge < -0.3 is 10.7 Å². The predicted molar refractivity (Wildman–Crippen MR) is 71.1 cm³/mol. The zero-order chi connectivity index (χ0) is 14.7. The molecule has 0 spiro atoms. The molecule has 0 saturated carbocycles. The molecule has 0 unspecified atom stereocenters. The van der Waals surface area contributed by atoms with Gasteiger partial charge in [-0.2, -0.15) is 5.26 Å². The van der Waals surface area contributed by atoms with Gasteiger partial charge in [0.05, 0.1) is 11.6 Å². The van der Waals surface area contributed by atoms with Crippen molar-refractivity contribution in [3.63, 3.8) is 0 Å². The van der Waals surface area contributed by atoms with Gasteiger partial charge in [0.2, 0.25) is 0 Å². The fourth-order valence-corrected chi connectivity index (χ4v) is 1.61. The lowest BCUT2D eigenvalue weighted by molar-refractivity contribution is 0.579. The highest BCUT2D eigenvalue weighted by Gasteiger charge is 2.12. The molecule has 4 N–H and O–H groups in total. The summed E-state index contributed by atoms with van der Waals surface area (Å²) in [7, 11) is 0. The standard InChI is InChI=1S/C13H11F2N5/c1-7-2-3-8(6-16)4-11(7)18-12-9(14)5-10(15)13(19-12)20-17/h2-5H,17H2,1H3,(H2,18,19,20). The molecule has 0 atom stereocenters. The fraction of sp³-hybridized carbons (Fsp3) is 0.0769. The summed E-state index contributed by atoms with van der Waals surface area (Å²) < 4.78 is 26.9. The largest absolute Gasteiger partial charge is 0.337 e. The van der Waals surface area contributed by atoms with Gasteiger partial charge in [-0.25, -0.2) is 19.6 Å². The maximum Gasteiger partial charge on any atom is 0.178 e. The third-order valence-corrected chi connectivity index (χ3v) is 2.69. The molecule has 0 radical (unpaired) electrons. The van der Waals surface area contributed by atoms with Crippen LogP contribution in [-0.2, 0) is 0 Å². The quantitative estimate of drug-likeness (QED) is 0.592. The van der Waals surface area contributed by atoms with Crippen molar-refractivity contribution < 1.29 is 8.78 Å². The van der Waals surface area contributed by atoms with Crippen molar-refractivity contribution in [2.24, 2.45) is 5.84 Å². The first-order valence-electron chi connectivity index (χ1n) is 5.65. The number of nitriles is 1. The number of nitrogens with two attached hydrogens (primary N) is 1. The minimum Gasteiger partial charge on any atom is -0.337 e. The third-order valence-electron chi connectivity index (χ3n) is 2.69. The molecule has 0 aliphatic heterocycles. The number of anilines is 3. The van der Waals surface area contributed by atoms with Crippen LogP contribution in [0.2, 0.25) is 0 Å². The van der Waals surface area contributed by atoms with Crippen LogP contribution in [-0.4, -0.2) is 4.98 Å². The first-order valence-corrected chi connectivity index (χ1v) is 5.65. The van der Waals surface area contributed by atoms with E-state index in [-0.39, 0.29) is 11.6 Å². The van der Waals surface area contributed by atoms with Crippen molar-refractivity contribution in [2.45, 2.75) is 6.92 Å². The van der Waals surface area contributed by atoms with Gasteiger partial charge in [0, 0.05) is 11.8 Å². The maximum atomic E-state index is 13.7. The maximum absolute atomic E-state index is 13.7. The number of hydrazine groups is 1. The number of aromatic nitrogens is 1. The first kappa shape index (κ1) is 13.7. The average molecular weight is 275 g/mol. The van der Waals surface area contributed by atoms with Crippen molar-refractivity contribution in [2.75, 3.05) is 10.7 Å². The van der Waals surface area contributed by atoms with Crippen LogP contribution in [0.3, 0.4) is 0 Å². The van der Waals surface area contributed by atoms with Crippen LogP contribution in [0.4, 0.5) is 26.1 Å². The van der Waals surface area contributed by atoms with Crippen LogP contribution < -0.4 is 16.6 Å². The molecule has 1 heterocycles.